The van der Waals surface area contributed by atoms with Crippen molar-refractivity contribution in [3.8, 4) is 0 Å². The highest BCUT2D eigenvalue weighted by Gasteiger charge is 2.33. The molecular weight excluding hydrogens is 334 g/mol. The van der Waals surface area contributed by atoms with E-state index in [0.717, 1.165) is 24.2 Å². The number of nitrogens with one attached hydrogen (secondary N) is 1. The first kappa shape index (κ1) is 17.5. The van der Waals surface area contributed by atoms with Crippen LogP contribution in [0.5, 0.6) is 0 Å². The van der Waals surface area contributed by atoms with Gasteiger partial charge in [-0.05, 0) is 37.1 Å². The zero-order valence-corrected chi connectivity index (χ0v) is 14.7. The van der Waals surface area contributed by atoms with E-state index in [0.29, 0.717) is 18.1 Å². The van der Waals surface area contributed by atoms with Crippen LogP contribution in [-0.2, 0) is 15.3 Å². The van der Waals surface area contributed by atoms with Crippen molar-refractivity contribution in [2.75, 3.05) is 17.6 Å². The maximum Gasteiger partial charge on any atom is 0.247 e. The molecule has 1 fully saturated rings. The lowest BCUT2D eigenvalue weighted by Crippen LogP contribution is -2.44. The van der Waals surface area contributed by atoms with Crippen LogP contribution in [0.3, 0.4) is 0 Å². The van der Waals surface area contributed by atoms with Crippen LogP contribution in [0, 0.1) is 0 Å². The molecule has 1 N–H and O–H groups in total. The number of amides is 2. The fourth-order valence-electron chi connectivity index (χ4n) is 2.89. The van der Waals surface area contributed by atoms with Crippen molar-refractivity contribution < 1.29 is 9.59 Å². The van der Waals surface area contributed by atoms with Gasteiger partial charge in [-0.3, -0.25) is 14.6 Å². The Bertz CT molecular complexity index is 709. The summed E-state index contributed by atoms with van der Waals surface area (Å²) in [4.78, 5) is 31.0. The Morgan fingerprint density at radius 1 is 1.16 bits per heavy atom. The minimum Gasteiger partial charge on any atom is -0.330 e. The van der Waals surface area contributed by atoms with E-state index in [1.54, 1.807) is 11.1 Å². The fraction of sp³-hybridized carbons (Fsp3) is 0.316. The lowest BCUT2D eigenvalue weighted by atomic mass is 10.2. The first-order valence-electron chi connectivity index (χ1n) is 8.37. The molecule has 2 aromatic rings. The number of hydrogen-bond acceptors (Lipinski definition) is 4. The predicted molar refractivity (Wildman–Crippen MR) is 100 cm³/mol. The molecule has 6 heteroatoms. The van der Waals surface area contributed by atoms with Gasteiger partial charge < -0.3 is 10.2 Å². The van der Waals surface area contributed by atoms with Crippen LogP contribution < -0.4 is 5.32 Å². The highest BCUT2D eigenvalue weighted by atomic mass is 32.2. The van der Waals surface area contributed by atoms with Crippen molar-refractivity contribution in [3.05, 3.63) is 60.4 Å². The Kier molecular flexibility index (Phi) is 6.06. The van der Waals surface area contributed by atoms with Gasteiger partial charge in [-0.1, -0.05) is 24.3 Å². The van der Waals surface area contributed by atoms with Crippen molar-refractivity contribution >= 4 is 29.3 Å². The topological polar surface area (TPSA) is 62.3 Å². The van der Waals surface area contributed by atoms with Gasteiger partial charge in [0.05, 0.1) is 11.4 Å². The molecule has 1 aromatic heterocycles. The molecule has 2 heterocycles. The van der Waals surface area contributed by atoms with Gasteiger partial charge in [0, 0.05) is 24.2 Å². The molecule has 2 amide bonds. The molecular formula is C19H21N3O2S. The first-order valence-corrected chi connectivity index (χ1v) is 9.52. The van der Waals surface area contributed by atoms with Crippen LogP contribution >= 0.6 is 11.8 Å². The summed E-state index contributed by atoms with van der Waals surface area (Å²) in [6.07, 6.45) is 3.33. The zero-order valence-electron chi connectivity index (χ0n) is 13.9. The molecule has 0 saturated carbocycles. The zero-order chi connectivity index (χ0) is 17.5. The third-order valence-corrected chi connectivity index (χ3v) is 5.07. The average Bonchev–Trinajstić information content (AvgIpc) is 3.13. The van der Waals surface area contributed by atoms with Gasteiger partial charge in [0.15, 0.2) is 0 Å². The second-order valence-corrected chi connectivity index (χ2v) is 6.90. The van der Waals surface area contributed by atoms with Gasteiger partial charge in [0.1, 0.15) is 6.04 Å². The molecule has 0 unspecified atom stereocenters. The number of thioether (sulfide) groups is 1. The summed E-state index contributed by atoms with van der Waals surface area (Å²) in [6.45, 7) is 0.649. The standard InChI is InChI=1S/C19H21N3O2S/c23-18(14-25-13-16-9-4-5-11-20-16)22-12-6-10-17(22)19(24)21-15-7-2-1-3-8-15/h1-5,7-9,11,17H,6,10,12-14H2,(H,21,24)/t17-/m1/s1. The number of likely N-dealkylation sites (tertiary alicyclic amines) is 1. The third-order valence-electron chi connectivity index (χ3n) is 4.12. The molecule has 0 radical (unpaired) electrons. The van der Waals surface area contributed by atoms with E-state index < -0.39 is 0 Å². The number of rotatable bonds is 6. The van der Waals surface area contributed by atoms with E-state index in [-0.39, 0.29) is 17.9 Å². The van der Waals surface area contributed by atoms with E-state index in [9.17, 15) is 9.59 Å². The molecule has 1 aliphatic heterocycles. The van der Waals surface area contributed by atoms with Crippen molar-refractivity contribution in [3.63, 3.8) is 0 Å². The number of pyridine rings is 1. The number of benzene rings is 1. The van der Waals surface area contributed by atoms with E-state index in [2.05, 4.69) is 10.3 Å². The van der Waals surface area contributed by atoms with Crippen LogP contribution in [0.1, 0.15) is 18.5 Å². The first-order chi connectivity index (χ1) is 12.2. The Balaban J connectivity index is 1.51. The number of carbonyl (C=O) groups excluding carboxylic acids is 2. The number of aromatic nitrogens is 1. The largest absolute Gasteiger partial charge is 0.330 e. The summed E-state index contributed by atoms with van der Waals surface area (Å²) in [5.74, 6) is 0.978. The SMILES string of the molecule is O=C(Nc1ccccc1)[C@H]1CCCN1C(=O)CSCc1ccccn1. The van der Waals surface area contributed by atoms with E-state index >= 15 is 0 Å². The van der Waals surface area contributed by atoms with Gasteiger partial charge in [-0.15, -0.1) is 11.8 Å². The van der Waals surface area contributed by atoms with Crippen molar-refractivity contribution in [2.45, 2.75) is 24.6 Å². The maximum atomic E-state index is 12.5. The van der Waals surface area contributed by atoms with Crippen molar-refractivity contribution in [2.24, 2.45) is 0 Å². The summed E-state index contributed by atoms with van der Waals surface area (Å²) < 4.78 is 0. The molecule has 0 spiro atoms. The Hall–Kier alpha value is -2.34. The molecule has 130 valence electrons. The summed E-state index contributed by atoms with van der Waals surface area (Å²) >= 11 is 1.53. The maximum absolute atomic E-state index is 12.5. The fourth-order valence-corrected chi connectivity index (χ4v) is 3.72. The van der Waals surface area contributed by atoms with Crippen LogP contribution in [-0.4, -0.2) is 40.0 Å². The van der Waals surface area contributed by atoms with E-state index in [1.807, 2.05) is 48.5 Å². The molecule has 3 rings (SSSR count). The number of anilines is 1. The summed E-state index contributed by atoms with van der Waals surface area (Å²) in [5, 5.41) is 2.90. The lowest BCUT2D eigenvalue weighted by Gasteiger charge is -2.24. The van der Waals surface area contributed by atoms with E-state index in [4.69, 9.17) is 0 Å². The Labute approximate surface area is 151 Å². The van der Waals surface area contributed by atoms with Gasteiger partial charge in [0.2, 0.25) is 11.8 Å². The molecule has 1 atom stereocenters. The monoisotopic (exact) mass is 355 g/mol. The summed E-state index contributed by atoms with van der Waals surface area (Å²) in [7, 11) is 0. The average molecular weight is 355 g/mol. The third kappa shape index (κ3) is 4.82. The van der Waals surface area contributed by atoms with Crippen LogP contribution in [0.25, 0.3) is 0 Å². The van der Waals surface area contributed by atoms with Gasteiger partial charge in [-0.25, -0.2) is 0 Å². The van der Waals surface area contributed by atoms with Gasteiger partial charge >= 0.3 is 0 Å². The van der Waals surface area contributed by atoms with Crippen LogP contribution in [0.4, 0.5) is 5.69 Å². The smallest absolute Gasteiger partial charge is 0.247 e. The highest BCUT2D eigenvalue weighted by molar-refractivity contribution is 7.99. The van der Waals surface area contributed by atoms with Gasteiger partial charge in [-0.2, -0.15) is 0 Å². The molecule has 1 aromatic carbocycles. The molecule has 1 saturated heterocycles. The number of para-hydroxylation sites is 1. The number of carbonyl (C=O) groups is 2. The highest BCUT2D eigenvalue weighted by Crippen LogP contribution is 2.21. The van der Waals surface area contributed by atoms with Crippen molar-refractivity contribution in [1.82, 2.24) is 9.88 Å². The molecule has 1 aliphatic rings. The molecule has 0 bridgehead atoms. The van der Waals surface area contributed by atoms with Crippen LogP contribution in [0.15, 0.2) is 54.7 Å². The minimum absolute atomic E-state index is 0.0200. The van der Waals surface area contributed by atoms with Crippen molar-refractivity contribution in [1.29, 1.82) is 0 Å². The normalized spacial score (nSPS) is 16.6. The molecule has 25 heavy (non-hydrogen) atoms. The van der Waals surface area contributed by atoms with E-state index in [1.165, 1.54) is 11.8 Å². The minimum atomic E-state index is -0.372. The quantitative estimate of drug-likeness (QED) is 0.865. The Morgan fingerprint density at radius 2 is 1.96 bits per heavy atom. The number of nitrogens with zero attached hydrogens (tertiary/aromatic N) is 2. The summed E-state index contributed by atoms with van der Waals surface area (Å²) in [6, 6.07) is 14.7. The Morgan fingerprint density at radius 3 is 2.72 bits per heavy atom. The lowest BCUT2D eigenvalue weighted by molar-refractivity contribution is -0.134. The predicted octanol–water partition coefficient (Wildman–Crippen LogP) is 2.94. The second-order valence-electron chi connectivity index (χ2n) is 5.91. The van der Waals surface area contributed by atoms with Crippen LogP contribution in [0.2, 0.25) is 0 Å². The molecule has 5 nitrogen and oxygen atoms in total. The van der Waals surface area contributed by atoms with Gasteiger partial charge in [0.25, 0.3) is 0 Å². The molecule has 0 aliphatic carbocycles. The summed E-state index contributed by atoms with van der Waals surface area (Å²) in [5.41, 5.74) is 1.72. The number of hydrogen-bond donors (Lipinski definition) is 1. The second kappa shape index (κ2) is 8.67.